The second-order valence-electron chi connectivity index (χ2n) is 5.88. The maximum absolute atomic E-state index is 12.6. The zero-order valence-electron chi connectivity index (χ0n) is 15.5. The summed E-state index contributed by atoms with van der Waals surface area (Å²) in [6, 6.07) is 5.20. The molecule has 1 heterocycles. The first-order chi connectivity index (χ1) is 13.4. The Labute approximate surface area is 166 Å². The molecule has 0 spiro atoms. The Bertz CT molecular complexity index is 762. The van der Waals surface area contributed by atoms with Gasteiger partial charge in [-0.25, -0.2) is 4.79 Å². The number of thioether (sulfide) groups is 1. The molecule has 0 saturated heterocycles. The fourth-order valence-electron chi connectivity index (χ4n) is 2.62. The number of fused-ring (bicyclic) bond motifs is 1. The number of carbonyl (C=O) groups excluding carboxylic acids is 5. The van der Waals surface area contributed by atoms with Crippen LogP contribution in [0.2, 0.25) is 0 Å². The quantitative estimate of drug-likeness (QED) is 0.430. The van der Waals surface area contributed by atoms with Crippen LogP contribution in [0.25, 0.3) is 0 Å². The number of likely N-dealkylation sites (N-methyl/N-ethyl adjacent to an activating group) is 1. The van der Waals surface area contributed by atoms with Crippen LogP contribution in [-0.4, -0.2) is 72.7 Å². The number of esters is 1. The Balaban J connectivity index is 2.06. The van der Waals surface area contributed by atoms with E-state index in [-0.39, 0.29) is 24.1 Å². The Morgan fingerprint density at radius 2 is 1.71 bits per heavy atom. The molecule has 150 valence electrons. The molecule has 2 N–H and O–H groups in total. The molecule has 1 aliphatic rings. The van der Waals surface area contributed by atoms with Gasteiger partial charge in [0.25, 0.3) is 17.7 Å². The van der Waals surface area contributed by atoms with Crippen LogP contribution in [-0.2, 0) is 19.1 Å². The molecule has 2 rings (SSSR count). The molecule has 0 radical (unpaired) electrons. The average Bonchev–Trinajstić information content (AvgIpc) is 2.96. The molecule has 10 heteroatoms. The number of hydrogen-bond donors (Lipinski definition) is 2. The van der Waals surface area contributed by atoms with Crippen molar-refractivity contribution in [2.45, 2.75) is 12.5 Å². The topological polar surface area (TPSA) is 122 Å². The number of rotatable bonds is 9. The van der Waals surface area contributed by atoms with E-state index in [1.807, 2.05) is 6.26 Å². The molecule has 4 amide bonds. The lowest BCUT2D eigenvalue weighted by molar-refractivity contribution is -0.152. The van der Waals surface area contributed by atoms with Crippen LogP contribution in [0.15, 0.2) is 24.3 Å². The fourth-order valence-corrected chi connectivity index (χ4v) is 3.08. The van der Waals surface area contributed by atoms with Crippen LogP contribution >= 0.6 is 11.8 Å². The third-order valence-electron chi connectivity index (χ3n) is 4.08. The third-order valence-corrected chi connectivity index (χ3v) is 4.72. The van der Waals surface area contributed by atoms with E-state index in [2.05, 4.69) is 10.6 Å². The van der Waals surface area contributed by atoms with E-state index in [1.54, 1.807) is 12.1 Å². The zero-order valence-corrected chi connectivity index (χ0v) is 16.3. The lowest BCUT2D eigenvalue weighted by Gasteiger charge is -2.24. The molecule has 1 aliphatic heterocycles. The van der Waals surface area contributed by atoms with Gasteiger partial charge < -0.3 is 15.4 Å². The van der Waals surface area contributed by atoms with Gasteiger partial charge in [0.2, 0.25) is 5.91 Å². The lowest BCUT2D eigenvalue weighted by Crippen LogP contribution is -2.47. The van der Waals surface area contributed by atoms with Gasteiger partial charge in [-0.05, 0) is 30.6 Å². The largest absolute Gasteiger partial charge is 0.454 e. The van der Waals surface area contributed by atoms with Gasteiger partial charge in [0.1, 0.15) is 6.04 Å². The van der Waals surface area contributed by atoms with Gasteiger partial charge in [-0.1, -0.05) is 12.1 Å². The highest BCUT2D eigenvalue weighted by Crippen LogP contribution is 2.26. The van der Waals surface area contributed by atoms with Crippen molar-refractivity contribution in [3.8, 4) is 0 Å². The molecular weight excluding hydrogens is 386 g/mol. The second kappa shape index (κ2) is 9.88. The minimum Gasteiger partial charge on any atom is -0.454 e. The summed E-state index contributed by atoms with van der Waals surface area (Å²) in [6.07, 6.45) is 2.03. The molecule has 28 heavy (non-hydrogen) atoms. The number of imide groups is 1. The smallest absolute Gasteiger partial charge is 0.329 e. The van der Waals surface area contributed by atoms with Gasteiger partial charge in [-0.3, -0.25) is 24.1 Å². The highest BCUT2D eigenvalue weighted by molar-refractivity contribution is 7.98. The molecule has 0 aliphatic carbocycles. The van der Waals surface area contributed by atoms with E-state index in [9.17, 15) is 24.0 Å². The minimum absolute atomic E-state index is 0.200. The van der Waals surface area contributed by atoms with E-state index in [0.29, 0.717) is 5.75 Å². The summed E-state index contributed by atoms with van der Waals surface area (Å²) in [5.74, 6) is -2.53. The van der Waals surface area contributed by atoms with Crippen molar-refractivity contribution >= 4 is 41.4 Å². The van der Waals surface area contributed by atoms with Crippen LogP contribution in [0.5, 0.6) is 0 Å². The van der Waals surface area contributed by atoms with Gasteiger partial charge in [0.05, 0.1) is 17.7 Å². The molecule has 1 aromatic rings. The van der Waals surface area contributed by atoms with Crippen molar-refractivity contribution < 1.29 is 28.7 Å². The first-order valence-corrected chi connectivity index (χ1v) is 9.89. The van der Waals surface area contributed by atoms with Crippen molar-refractivity contribution in [1.82, 2.24) is 15.5 Å². The van der Waals surface area contributed by atoms with Gasteiger partial charge >= 0.3 is 5.97 Å². The molecule has 1 aromatic carbocycles. The highest BCUT2D eigenvalue weighted by atomic mass is 32.2. The Kier molecular flexibility index (Phi) is 7.56. The number of ether oxygens (including phenoxy) is 1. The monoisotopic (exact) mass is 407 g/mol. The molecule has 0 saturated carbocycles. The summed E-state index contributed by atoms with van der Waals surface area (Å²) < 4.78 is 5.00. The lowest BCUT2D eigenvalue weighted by atomic mass is 10.1. The highest BCUT2D eigenvalue weighted by Gasteiger charge is 2.43. The number of nitrogens with one attached hydrogen (secondary N) is 2. The van der Waals surface area contributed by atoms with E-state index >= 15 is 0 Å². The minimum atomic E-state index is -1.13. The van der Waals surface area contributed by atoms with Crippen molar-refractivity contribution in [2.75, 3.05) is 32.2 Å². The summed E-state index contributed by atoms with van der Waals surface area (Å²) in [5, 5.41) is 4.63. The van der Waals surface area contributed by atoms with Gasteiger partial charge in [0.15, 0.2) is 6.61 Å². The summed E-state index contributed by atoms with van der Waals surface area (Å²) >= 11 is 1.45. The van der Waals surface area contributed by atoms with Crippen molar-refractivity contribution in [2.24, 2.45) is 0 Å². The molecular formula is C18H21N3O6S. The maximum atomic E-state index is 12.6. The summed E-state index contributed by atoms with van der Waals surface area (Å²) in [7, 11) is 1.42. The zero-order chi connectivity index (χ0) is 20.7. The molecule has 1 atom stereocenters. The first kappa shape index (κ1) is 21.4. The van der Waals surface area contributed by atoms with Crippen LogP contribution in [0.1, 0.15) is 27.1 Å². The number of carbonyl (C=O) groups is 5. The Morgan fingerprint density at radius 1 is 1.11 bits per heavy atom. The Hall–Kier alpha value is -2.88. The van der Waals surface area contributed by atoms with E-state index in [4.69, 9.17) is 4.74 Å². The van der Waals surface area contributed by atoms with Gasteiger partial charge in [0, 0.05) is 7.05 Å². The predicted octanol–water partition coefficient (Wildman–Crippen LogP) is -0.190. The van der Waals surface area contributed by atoms with E-state index < -0.39 is 42.2 Å². The molecule has 0 unspecified atom stereocenters. The SMILES string of the molecule is CNC(=O)CNC(=O)COC(=O)[C@@H](CCSC)N1C(=O)c2ccccc2C1=O. The van der Waals surface area contributed by atoms with Gasteiger partial charge in [-0.2, -0.15) is 11.8 Å². The van der Waals surface area contributed by atoms with E-state index in [1.165, 1.54) is 30.9 Å². The molecule has 0 aromatic heterocycles. The van der Waals surface area contributed by atoms with Crippen LogP contribution in [0.3, 0.4) is 0 Å². The van der Waals surface area contributed by atoms with Gasteiger partial charge in [-0.15, -0.1) is 0 Å². The fraction of sp³-hybridized carbons (Fsp3) is 0.389. The molecule has 0 bridgehead atoms. The van der Waals surface area contributed by atoms with Crippen molar-refractivity contribution in [3.63, 3.8) is 0 Å². The first-order valence-electron chi connectivity index (χ1n) is 8.50. The number of amides is 4. The second-order valence-corrected chi connectivity index (χ2v) is 6.87. The Morgan fingerprint density at radius 3 is 2.25 bits per heavy atom. The number of hydrogen-bond acceptors (Lipinski definition) is 7. The van der Waals surface area contributed by atoms with Crippen LogP contribution in [0, 0.1) is 0 Å². The van der Waals surface area contributed by atoms with Crippen molar-refractivity contribution in [1.29, 1.82) is 0 Å². The summed E-state index contributed by atoms with van der Waals surface area (Å²) in [6.45, 7) is -0.865. The summed E-state index contributed by atoms with van der Waals surface area (Å²) in [4.78, 5) is 61.5. The standard InChI is InChI=1S/C18H21N3O6S/c1-19-14(22)9-20-15(23)10-27-18(26)13(7-8-28-2)21-16(24)11-5-3-4-6-12(11)17(21)25/h3-6,13H,7-10H2,1-2H3,(H,19,22)(H,20,23)/t13-/m1/s1. The van der Waals surface area contributed by atoms with Crippen molar-refractivity contribution in [3.05, 3.63) is 35.4 Å². The number of nitrogens with zero attached hydrogens (tertiary/aromatic N) is 1. The van der Waals surface area contributed by atoms with Crippen LogP contribution < -0.4 is 10.6 Å². The van der Waals surface area contributed by atoms with Crippen LogP contribution in [0.4, 0.5) is 0 Å². The summed E-state index contributed by atoms with van der Waals surface area (Å²) in [5.41, 5.74) is 0.468. The molecule has 0 fully saturated rings. The molecule has 9 nitrogen and oxygen atoms in total. The maximum Gasteiger partial charge on any atom is 0.329 e. The normalized spacial score (nSPS) is 13.7. The van der Waals surface area contributed by atoms with E-state index in [0.717, 1.165) is 4.90 Å². The number of benzene rings is 1. The average molecular weight is 407 g/mol. The third kappa shape index (κ3) is 4.89. The predicted molar refractivity (Wildman–Crippen MR) is 102 cm³/mol.